The first-order chi connectivity index (χ1) is 5.77. The third kappa shape index (κ3) is 0.914. The summed E-state index contributed by atoms with van der Waals surface area (Å²) in [5, 5.41) is 0.750. The molecule has 60 valence electrons. The molecular weight excluding hydrogens is 158 g/mol. The highest BCUT2D eigenvalue weighted by atomic mass is 16.3. The summed E-state index contributed by atoms with van der Waals surface area (Å²) in [7, 11) is 0. The Hall–Kier alpha value is -1.91. The molecule has 2 aromatic rings. The van der Waals surface area contributed by atoms with Gasteiger partial charge in [0.15, 0.2) is 0 Å². The molecule has 2 heterocycles. The molecule has 0 saturated carbocycles. The van der Waals surface area contributed by atoms with Gasteiger partial charge in [0.2, 0.25) is 11.5 Å². The van der Waals surface area contributed by atoms with E-state index in [1.165, 1.54) is 12.5 Å². The number of hydrogen-bond donors (Lipinski definition) is 1. The lowest BCUT2D eigenvalue weighted by Crippen LogP contribution is -2.14. The zero-order valence-corrected chi connectivity index (χ0v) is 6.02. The molecule has 0 radical (unpaired) electrons. The summed E-state index contributed by atoms with van der Waals surface area (Å²) in [4.78, 5) is 18.1. The maximum absolute atomic E-state index is 10.6. The summed E-state index contributed by atoms with van der Waals surface area (Å²) in [5.41, 5.74) is 5.34. The molecule has 5 heteroatoms. The van der Waals surface area contributed by atoms with Gasteiger partial charge in [-0.25, -0.2) is 4.98 Å². The molecule has 0 unspecified atom stereocenters. The predicted molar refractivity (Wildman–Crippen MR) is 40.3 cm³/mol. The first-order valence-electron chi connectivity index (χ1n) is 3.27. The van der Waals surface area contributed by atoms with Crippen LogP contribution in [0.1, 0.15) is 10.6 Å². The van der Waals surface area contributed by atoms with E-state index in [0.717, 1.165) is 5.39 Å². The van der Waals surface area contributed by atoms with Gasteiger partial charge in [-0.1, -0.05) is 0 Å². The fraction of sp³-hybridized carbons (Fsp3) is 0. The van der Waals surface area contributed by atoms with Crippen molar-refractivity contribution in [2.75, 3.05) is 0 Å². The summed E-state index contributed by atoms with van der Waals surface area (Å²) < 4.78 is 4.95. The first kappa shape index (κ1) is 6.78. The number of carbonyl (C=O) groups is 1. The van der Waals surface area contributed by atoms with Crippen molar-refractivity contribution in [1.29, 1.82) is 0 Å². The number of rotatable bonds is 1. The van der Waals surface area contributed by atoms with Crippen LogP contribution < -0.4 is 5.73 Å². The molecular formula is C7H5N3O2. The molecule has 0 fully saturated rings. The Morgan fingerprint density at radius 2 is 2.42 bits per heavy atom. The van der Waals surface area contributed by atoms with E-state index in [1.54, 1.807) is 6.07 Å². The summed E-state index contributed by atoms with van der Waals surface area (Å²) in [6.45, 7) is 0. The third-order valence-electron chi connectivity index (χ3n) is 1.43. The van der Waals surface area contributed by atoms with Crippen LogP contribution >= 0.6 is 0 Å². The topological polar surface area (TPSA) is 82.0 Å². The van der Waals surface area contributed by atoms with Crippen LogP contribution in [0.3, 0.4) is 0 Å². The van der Waals surface area contributed by atoms with E-state index in [4.69, 9.17) is 10.2 Å². The second kappa shape index (κ2) is 2.30. The van der Waals surface area contributed by atoms with Crippen LogP contribution in [0.2, 0.25) is 0 Å². The largest absolute Gasteiger partial charge is 0.446 e. The Morgan fingerprint density at radius 3 is 3.17 bits per heavy atom. The number of nitrogens with two attached hydrogens (primary N) is 1. The third-order valence-corrected chi connectivity index (χ3v) is 1.43. The minimum absolute atomic E-state index is 0.0301. The highest BCUT2D eigenvalue weighted by molar-refractivity contribution is 5.90. The van der Waals surface area contributed by atoms with E-state index in [-0.39, 0.29) is 5.82 Å². The van der Waals surface area contributed by atoms with Gasteiger partial charge in [-0.05, 0) is 6.07 Å². The van der Waals surface area contributed by atoms with Crippen molar-refractivity contribution < 1.29 is 9.21 Å². The molecule has 0 atom stereocenters. The number of hydrogen-bond acceptors (Lipinski definition) is 4. The Balaban J connectivity index is 2.68. The normalized spacial score (nSPS) is 10.3. The highest BCUT2D eigenvalue weighted by Crippen LogP contribution is 2.10. The van der Waals surface area contributed by atoms with Crippen LogP contribution in [0.25, 0.3) is 11.1 Å². The van der Waals surface area contributed by atoms with Gasteiger partial charge in [0, 0.05) is 6.20 Å². The monoisotopic (exact) mass is 163 g/mol. The molecule has 2 aromatic heterocycles. The Morgan fingerprint density at radius 1 is 1.58 bits per heavy atom. The second-order valence-corrected chi connectivity index (χ2v) is 2.24. The lowest BCUT2D eigenvalue weighted by molar-refractivity contribution is 0.0990. The van der Waals surface area contributed by atoms with E-state index in [0.29, 0.717) is 5.71 Å². The van der Waals surface area contributed by atoms with E-state index < -0.39 is 5.91 Å². The average molecular weight is 163 g/mol. The fourth-order valence-electron chi connectivity index (χ4n) is 0.875. The molecule has 2 N–H and O–H groups in total. The number of furan rings is 1. The van der Waals surface area contributed by atoms with Crippen molar-refractivity contribution in [2.45, 2.75) is 0 Å². The lowest BCUT2D eigenvalue weighted by atomic mass is 10.4. The molecule has 5 nitrogen and oxygen atoms in total. The van der Waals surface area contributed by atoms with Crippen molar-refractivity contribution >= 4 is 17.0 Å². The molecule has 0 aliphatic rings. The summed E-state index contributed by atoms with van der Waals surface area (Å²) in [6, 6.07) is 1.71. The summed E-state index contributed by atoms with van der Waals surface area (Å²) >= 11 is 0. The molecule has 0 spiro atoms. The Kier molecular flexibility index (Phi) is 1.30. The van der Waals surface area contributed by atoms with Gasteiger partial charge >= 0.3 is 0 Å². The standard InChI is InChI=1S/C7H5N3O2/c8-5(11)6-9-3-4-1-2-12-7(4)10-6/h1-3H,(H2,8,11). The molecule has 0 aromatic carbocycles. The summed E-state index contributed by atoms with van der Waals surface area (Å²) in [5.74, 6) is -0.689. The quantitative estimate of drug-likeness (QED) is 0.656. The molecule has 2 rings (SSSR count). The van der Waals surface area contributed by atoms with Gasteiger partial charge in [0.05, 0.1) is 11.6 Å². The Labute approximate surface area is 67.2 Å². The lowest BCUT2D eigenvalue weighted by Gasteiger charge is -1.91. The Bertz CT molecular complexity index is 435. The van der Waals surface area contributed by atoms with E-state index in [9.17, 15) is 4.79 Å². The average Bonchev–Trinajstić information content (AvgIpc) is 2.49. The zero-order valence-electron chi connectivity index (χ0n) is 6.02. The number of primary amides is 1. The maximum atomic E-state index is 10.6. The van der Waals surface area contributed by atoms with Crippen molar-refractivity contribution in [3.05, 3.63) is 24.4 Å². The molecule has 0 aliphatic carbocycles. The van der Waals surface area contributed by atoms with Crippen LogP contribution in [0.5, 0.6) is 0 Å². The van der Waals surface area contributed by atoms with Gasteiger partial charge < -0.3 is 10.2 Å². The van der Waals surface area contributed by atoms with Crippen molar-refractivity contribution in [3.8, 4) is 0 Å². The molecule has 1 amide bonds. The zero-order chi connectivity index (χ0) is 8.55. The first-order valence-corrected chi connectivity index (χ1v) is 3.27. The van der Waals surface area contributed by atoms with Gasteiger partial charge in [-0.3, -0.25) is 4.79 Å². The minimum atomic E-state index is -0.659. The van der Waals surface area contributed by atoms with Crippen molar-refractivity contribution in [2.24, 2.45) is 5.73 Å². The number of carbonyl (C=O) groups excluding carboxylic acids is 1. The fourth-order valence-corrected chi connectivity index (χ4v) is 0.875. The van der Waals surface area contributed by atoms with Crippen LogP contribution in [-0.4, -0.2) is 15.9 Å². The van der Waals surface area contributed by atoms with Gasteiger partial charge in [0.25, 0.3) is 5.91 Å². The minimum Gasteiger partial charge on any atom is -0.446 e. The second-order valence-electron chi connectivity index (χ2n) is 2.24. The van der Waals surface area contributed by atoms with Crippen molar-refractivity contribution in [3.63, 3.8) is 0 Å². The summed E-state index contributed by atoms with van der Waals surface area (Å²) in [6.07, 6.45) is 2.97. The van der Waals surface area contributed by atoms with Crippen LogP contribution in [-0.2, 0) is 0 Å². The molecule has 0 saturated heterocycles. The number of amides is 1. The predicted octanol–water partition coefficient (Wildman–Crippen LogP) is 0.322. The van der Waals surface area contributed by atoms with Gasteiger partial charge in [0.1, 0.15) is 0 Å². The highest BCUT2D eigenvalue weighted by Gasteiger charge is 2.06. The van der Waals surface area contributed by atoms with Crippen LogP contribution in [0.15, 0.2) is 22.9 Å². The van der Waals surface area contributed by atoms with Crippen LogP contribution in [0.4, 0.5) is 0 Å². The van der Waals surface area contributed by atoms with E-state index in [2.05, 4.69) is 9.97 Å². The van der Waals surface area contributed by atoms with Gasteiger partial charge in [-0.15, -0.1) is 0 Å². The molecule has 0 bridgehead atoms. The molecule has 0 aliphatic heterocycles. The SMILES string of the molecule is NC(=O)c1ncc2ccoc2n1. The van der Waals surface area contributed by atoms with Crippen LogP contribution in [0, 0.1) is 0 Å². The van der Waals surface area contributed by atoms with Crippen molar-refractivity contribution in [1.82, 2.24) is 9.97 Å². The number of nitrogens with zero attached hydrogens (tertiary/aromatic N) is 2. The smallest absolute Gasteiger partial charge is 0.286 e. The number of fused-ring (bicyclic) bond motifs is 1. The maximum Gasteiger partial charge on any atom is 0.286 e. The van der Waals surface area contributed by atoms with Gasteiger partial charge in [-0.2, -0.15) is 4.98 Å². The molecule has 12 heavy (non-hydrogen) atoms. The number of aromatic nitrogens is 2. The van der Waals surface area contributed by atoms with E-state index in [1.807, 2.05) is 0 Å². The van der Waals surface area contributed by atoms with E-state index >= 15 is 0 Å².